The summed E-state index contributed by atoms with van der Waals surface area (Å²) in [5.74, 6) is 1.63. The van der Waals surface area contributed by atoms with Crippen molar-refractivity contribution in [1.82, 2.24) is 10.2 Å². The summed E-state index contributed by atoms with van der Waals surface area (Å²) in [6, 6.07) is 29.0. The van der Waals surface area contributed by atoms with Gasteiger partial charge in [0.1, 0.15) is 19.3 Å². The Morgan fingerprint density at radius 2 is 1.38 bits per heavy atom. The van der Waals surface area contributed by atoms with E-state index in [1.807, 2.05) is 24.3 Å². The van der Waals surface area contributed by atoms with Gasteiger partial charge in [0.25, 0.3) is 0 Å². The van der Waals surface area contributed by atoms with E-state index in [2.05, 4.69) is 98.4 Å². The Morgan fingerprint density at radius 3 is 1.92 bits per heavy atom. The Balaban J connectivity index is 0.00000380. The third kappa shape index (κ3) is 12.0. The molecule has 1 unspecified atom stereocenters. The highest BCUT2D eigenvalue weighted by Crippen LogP contribution is 2.28. The van der Waals surface area contributed by atoms with Gasteiger partial charge in [0.05, 0.1) is 0 Å². The molecule has 0 heterocycles. The zero-order valence-electron chi connectivity index (χ0n) is 23.3. The van der Waals surface area contributed by atoms with Crippen LogP contribution in [0.25, 0.3) is 0 Å². The number of ether oxygens (including phenoxy) is 2. The molecule has 7 heteroatoms. The Kier molecular flexibility index (Phi) is 15.9. The minimum Gasteiger partial charge on any atom is -0.487 e. The Morgan fingerprint density at radius 1 is 0.872 bits per heavy atom. The van der Waals surface area contributed by atoms with Gasteiger partial charge in [-0.1, -0.05) is 85.5 Å². The molecule has 0 fully saturated rings. The second-order valence-electron chi connectivity index (χ2n) is 10.2. The van der Waals surface area contributed by atoms with Gasteiger partial charge in [-0.2, -0.15) is 0 Å². The van der Waals surface area contributed by atoms with Gasteiger partial charge in [0.15, 0.2) is 11.5 Å². The summed E-state index contributed by atoms with van der Waals surface area (Å²) in [4.78, 5) is 2.36. The van der Waals surface area contributed by atoms with Crippen molar-refractivity contribution in [2.45, 2.75) is 37.8 Å². The van der Waals surface area contributed by atoms with Gasteiger partial charge in [-0.25, -0.2) is 0 Å². The SMILES string of the molecule is C=CCOc1ccccc1OCC(O)CNC(C)(C)CN(C)CCC(c1ccccc1)c1ccccc1.Cl.Cl. The van der Waals surface area contributed by atoms with Gasteiger partial charge in [0, 0.05) is 24.5 Å². The summed E-state index contributed by atoms with van der Waals surface area (Å²) in [7, 11) is 2.16. The quantitative estimate of drug-likeness (QED) is 0.195. The Bertz CT molecular complexity index is 1030. The predicted molar refractivity (Wildman–Crippen MR) is 167 cm³/mol. The van der Waals surface area contributed by atoms with Gasteiger partial charge in [-0.3, -0.25) is 0 Å². The minimum atomic E-state index is -0.641. The maximum absolute atomic E-state index is 10.5. The third-order valence-electron chi connectivity index (χ3n) is 6.32. The number of nitrogens with zero attached hydrogens (tertiary/aromatic N) is 1. The van der Waals surface area contributed by atoms with Gasteiger partial charge in [-0.05, 0) is 57.1 Å². The fourth-order valence-electron chi connectivity index (χ4n) is 4.53. The standard InChI is InChI=1S/C32H42N2O3.2ClH/c1-5-22-36-30-18-12-13-19-31(30)37-24-28(35)23-33-32(2,3)25-34(4)21-20-29(26-14-8-6-9-15-26)27-16-10-7-11-17-27;;/h5-19,28-29,33,35H,1,20-25H2,2-4H3;2*1H. The van der Waals surface area contributed by atoms with E-state index in [1.54, 1.807) is 6.08 Å². The molecule has 0 bridgehead atoms. The topological polar surface area (TPSA) is 54.0 Å². The van der Waals surface area contributed by atoms with Crippen LogP contribution in [-0.2, 0) is 0 Å². The average molecular weight is 576 g/mol. The molecule has 0 aromatic heterocycles. The molecule has 0 saturated heterocycles. The van der Waals surface area contributed by atoms with Crippen LogP contribution in [0.5, 0.6) is 11.5 Å². The largest absolute Gasteiger partial charge is 0.487 e. The van der Waals surface area contributed by atoms with Crippen LogP contribution in [0, 0.1) is 0 Å². The van der Waals surface area contributed by atoms with E-state index in [0.29, 0.717) is 30.6 Å². The first-order chi connectivity index (χ1) is 17.9. The lowest BCUT2D eigenvalue weighted by Crippen LogP contribution is -2.51. The van der Waals surface area contributed by atoms with Crippen LogP contribution in [0.2, 0.25) is 0 Å². The monoisotopic (exact) mass is 574 g/mol. The van der Waals surface area contributed by atoms with E-state index in [1.165, 1.54) is 11.1 Å². The second-order valence-corrected chi connectivity index (χ2v) is 10.2. The van der Waals surface area contributed by atoms with E-state index < -0.39 is 6.10 Å². The van der Waals surface area contributed by atoms with Gasteiger partial charge >= 0.3 is 0 Å². The maximum Gasteiger partial charge on any atom is 0.161 e. The zero-order chi connectivity index (χ0) is 26.5. The lowest BCUT2D eigenvalue weighted by atomic mass is 9.88. The van der Waals surface area contributed by atoms with Gasteiger partial charge in [-0.15, -0.1) is 24.8 Å². The van der Waals surface area contributed by atoms with Crippen molar-refractivity contribution in [1.29, 1.82) is 0 Å². The first kappa shape index (κ1) is 34.5. The predicted octanol–water partition coefficient (Wildman–Crippen LogP) is 6.36. The number of aliphatic hydroxyl groups is 1. The van der Waals surface area contributed by atoms with Crippen LogP contribution in [0.1, 0.15) is 37.3 Å². The normalized spacial score (nSPS) is 11.8. The van der Waals surface area contributed by atoms with E-state index in [0.717, 1.165) is 19.5 Å². The summed E-state index contributed by atoms with van der Waals surface area (Å²) in [5, 5.41) is 14.1. The summed E-state index contributed by atoms with van der Waals surface area (Å²) in [6.07, 6.45) is 2.08. The first-order valence-electron chi connectivity index (χ1n) is 13.0. The molecule has 2 N–H and O–H groups in total. The van der Waals surface area contributed by atoms with Gasteiger partial charge < -0.3 is 24.8 Å². The number of hydrogen-bond donors (Lipinski definition) is 2. The zero-order valence-corrected chi connectivity index (χ0v) is 24.9. The smallest absolute Gasteiger partial charge is 0.161 e. The number of aliphatic hydroxyl groups excluding tert-OH is 1. The molecular formula is C32H44Cl2N2O3. The molecule has 0 radical (unpaired) electrons. The van der Waals surface area contributed by atoms with Crippen LogP contribution >= 0.6 is 24.8 Å². The molecule has 3 rings (SSSR count). The summed E-state index contributed by atoms with van der Waals surface area (Å²) in [5.41, 5.74) is 2.52. The number of halogens is 2. The van der Waals surface area contributed by atoms with Crippen LogP contribution in [0.15, 0.2) is 97.6 Å². The number of benzene rings is 3. The van der Waals surface area contributed by atoms with Crippen LogP contribution in [0.4, 0.5) is 0 Å². The van der Waals surface area contributed by atoms with E-state index in [9.17, 15) is 5.11 Å². The second kappa shape index (κ2) is 17.9. The fraction of sp³-hybridized carbons (Fsp3) is 0.375. The van der Waals surface area contributed by atoms with Crippen LogP contribution in [-0.4, -0.2) is 61.5 Å². The highest BCUT2D eigenvalue weighted by molar-refractivity contribution is 5.85. The highest BCUT2D eigenvalue weighted by atomic mass is 35.5. The van der Waals surface area contributed by atoms with Crippen LogP contribution in [0.3, 0.4) is 0 Å². The number of hydrogen-bond acceptors (Lipinski definition) is 5. The van der Waals surface area contributed by atoms with Crippen molar-refractivity contribution in [3.05, 3.63) is 109 Å². The molecule has 39 heavy (non-hydrogen) atoms. The molecule has 5 nitrogen and oxygen atoms in total. The molecule has 214 valence electrons. The van der Waals surface area contributed by atoms with Crippen molar-refractivity contribution < 1.29 is 14.6 Å². The fourth-order valence-corrected chi connectivity index (χ4v) is 4.53. The number of rotatable bonds is 16. The number of nitrogens with one attached hydrogen (secondary N) is 1. The molecule has 0 spiro atoms. The lowest BCUT2D eigenvalue weighted by molar-refractivity contribution is 0.0934. The third-order valence-corrected chi connectivity index (χ3v) is 6.32. The molecule has 3 aromatic carbocycles. The lowest BCUT2D eigenvalue weighted by Gasteiger charge is -2.33. The first-order valence-corrected chi connectivity index (χ1v) is 13.0. The molecule has 0 amide bonds. The van der Waals surface area contributed by atoms with Crippen molar-refractivity contribution in [3.8, 4) is 11.5 Å². The maximum atomic E-state index is 10.5. The molecule has 0 aliphatic heterocycles. The Hall–Kier alpha value is -2.54. The van der Waals surface area contributed by atoms with Crippen molar-refractivity contribution in [2.24, 2.45) is 0 Å². The average Bonchev–Trinajstić information content (AvgIpc) is 2.91. The summed E-state index contributed by atoms with van der Waals surface area (Å²) < 4.78 is 11.5. The number of para-hydroxylation sites is 2. The molecule has 0 aliphatic rings. The van der Waals surface area contributed by atoms with Crippen LogP contribution < -0.4 is 14.8 Å². The summed E-state index contributed by atoms with van der Waals surface area (Å²) in [6.45, 7) is 10.9. The Labute approximate surface area is 247 Å². The highest BCUT2D eigenvalue weighted by Gasteiger charge is 2.22. The molecule has 1 atom stereocenters. The molecule has 3 aromatic rings. The van der Waals surface area contributed by atoms with Crippen molar-refractivity contribution in [2.75, 3.05) is 39.9 Å². The van der Waals surface area contributed by atoms with Crippen molar-refractivity contribution in [3.63, 3.8) is 0 Å². The van der Waals surface area contributed by atoms with Crippen molar-refractivity contribution >= 4 is 24.8 Å². The van der Waals surface area contributed by atoms with E-state index >= 15 is 0 Å². The molecule has 0 aliphatic carbocycles. The number of β-amino-alcohol motifs (C(OH)–C–C–N with tert-alkyl or cyclic N) is 1. The summed E-state index contributed by atoms with van der Waals surface area (Å²) >= 11 is 0. The molecular weight excluding hydrogens is 531 g/mol. The molecule has 0 saturated carbocycles. The van der Waals surface area contributed by atoms with Gasteiger partial charge in [0.2, 0.25) is 0 Å². The minimum absolute atomic E-state index is 0. The number of likely N-dealkylation sites (N-methyl/N-ethyl adjacent to an activating group) is 1. The van der Waals surface area contributed by atoms with E-state index in [4.69, 9.17) is 9.47 Å². The van der Waals surface area contributed by atoms with E-state index in [-0.39, 0.29) is 37.0 Å².